The highest BCUT2D eigenvalue weighted by Crippen LogP contribution is 2.23. The Morgan fingerprint density at radius 3 is 2.69 bits per heavy atom. The topological polar surface area (TPSA) is 61.0 Å². The molecule has 4 heteroatoms. The van der Waals surface area contributed by atoms with E-state index >= 15 is 0 Å². The number of nitrogens with zero attached hydrogens (tertiary/aromatic N) is 2. The van der Waals surface area contributed by atoms with Gasteiger partial charge in [-0.1, -0.05) is 12.8 Å². The zero-order valence-electron chi connectivity index (χ0n) is 9.56. The molecule has 0 amide bonds. The van der Waals surface area contributed by atoms with E-state index in [4.69, 9.17) is 10.5 Å². The molecule has 0 bridgehead atoms. The molecule has 1 aliphatic rings. The van der Waals surface area contributed by atoms with Crippen LogP contribution in [0.3, 0.4) is 0 Å². The minimum absolute atomic E-state index is 0.296. The Morgan fingerprint density at radius 1 is 1.25 bits per heavy atom. The highest BCUT2D eigenvalue weighted by molar-refractivity contribution is 5.22. The minimum Gasteiger partial charge on any atom is -0.473 e. The average Bonchev–Trinajstić information content (AvgIpc) is 2.58. The Balaban J connectivity index is 2.01. The molecule has 1 aliphatic carbocycles. The van der Waals surface area contributed by atoms with Gasteiger partial charge in [0.25, 0.3) is 0 Å². The van der Waals surface area contributed by atoms with Gasteiger partial charge in [-0.05, 0) is 31.7 Å². The Morgan fingerprint density at radius 2 is 2.00 bits per heavy atom. The molecule has 0 atom stereocenters. The third kappa shape index (κ3) is 2.92. The third-order valence-corrected chi connectivity index (χ3v) is 3.07. The molecule has 1 heterocycles. The minimum atomic E-state index is 0.296. The molecule has 1 fully saturated rings. The van der Waals surface area contributed by atoms with Gasteiger partial charge in [0.05, 0.1) is 6.20 Å². The first-order valence-corrected chi connectivity index (χ1v) is 6.07. The van der Waals surface area contributed by atoms with Crippen LogP contribution in [0.5, 0.6) is 5.88 Å². The lowest BCUT2D eigenvalue weighted by atomic mass is 10.1. The molecule has 1 aromatic heterocycles. The molecule has 0 aromatic carbocycles. The maximum absolute atomic E-state index is 5.90. The van der Waals surface area contributed by atoms with Crippen molar-refractivity contribution in [1.82, 2.24) is 10.2 Å². The fraction of sp³-hybridized carbons (Fsp3) is 0.667. The van der Waals surface area contributed by atoms with Crippen molar-refractivity contribution in [2.75, 3.05) is 0 Å². The SMILES string of the molecule is NCc1ccnnc1OC1CCCCCC1. The Labute approximate surface area is 96.2 Å². The summed E-state index contributed by atoms with van der Waals surface area (Å²) in [7, 11) is 0. The Kier molecular flexibility index (Phi) is 4.10. The molecule has 0 spiro atoms. The van der Waals surface area contributed by atoms with Gasteiger partial charge < -0.3 is 10.5 Å². The molecule has 0 aliphatic heterocycles. The fourth-order valence-electron chi connectivity index (χ4n) is 2.12. The van der Waals surface area contributed by atoms with E-state index in [0.29, 0.717) is 18.5 Å². The predicted octanol–water partition coefficient (Wildman–Crippen LogP) is 2.04. The van der Waals surface area contributed by atoms with Crippen LogP contribution < -0.4 is 10.5 Å². The van der Waals surface area contributed by atoms with Crippen LogP contribution in [0.2, 0.25) is 0 Å². The second-order valence-electron chi connectivity index (χ2n) is 4.30. The van der Waals surface area contributed by atoms with Crippen molar-refractivity contribution in [3.05, 3.63) is 17.8 Å². The second kappa shape index (κ2) is 5.80. The highest BCUT2D eigenvalue weighted by Gasteiger charge is 2.15. The van der Waals surface area contributed by atoms with Gasteiger partial charge in [0.1, 0.15) is 6.10 Å². The van der Waals surface area contributed by atoms with Crippen LogP contribution in [-0.2, 0) is 6.54 Å². The summed E-state index contributed by atoms with van der Waals surface area (Å²) in [5.41, 5.74) is 6.58. The van der Waals surface area contributed by atoms with Crippen molar-refractivity contribution in [3.8, 4) is 5.88 Å². The zero-order chi connectivity index (χ0) is 11.2. The summed E-state index contributed by atoms with van der Waals surface area (Å²) in [6.45, 7) is 0.456. The van der Waals surface area contributed by atoms with E-state index in [0.717, 1.165) is 18.4 Å². The van der Waals surface area contributed by atoms with Crippen molar-refractivity contribution in [3.63, 3.8) is 0 Å². The van der Waals surface area contributed by atoms with Crippen LogP contribution in [0.4, 0.5) is 0 Å². The van der Waals surface area contributed by atoms with Crippen LogP contribution in [0, 0.1) is 0 Å². The number of ether oxygens (including phenoxy) is 1. The maximum Gasteiger partial charge on any atom is 0.238 e. The molecule has 88 valence electrons. The first-order valence-electron chi connectivity index (χ1n) is 6.07. The van der Waals surface area contributed by atoms with Gasteiger partial charge in [-0.25, -0.2) is 0 Å². The van der Waals surface area contributed by atoms with Crippen LogP contribution in [-0.4, -0.2) is 16.3 Å². The van der Waals surface area contributed by atoms with Gasteiger partial charge in [-0.2, -0.15) is 5.10 Å². The van der Waals surface area contributed by atoms with E-state index in [9.17, 15) is 0 Å². The third-order valence-electron chi connectivity index (χ3n) is 3.07. The standard InChI is InChI=1S/C12H19N3O/c13-9-10-7-8-14-15-12(10)16-11-5-3-1-2-4-6-11/h7-8,11H,1-6,9,13H2. The van der Waals surface area contributed by atoms with Gasteiger partial charge >= 0.3 is 0 Å². The lowest BCUT2D eigenvalue weighted by molar-refractivity contribution is 0.172. The summed E-state index contributed by atoms with van der Waals surface area (Å²) in [4.78, 5) is 0. The Hall–Kier alpha value is -1.16. The molecule has 4 nitrogen and oxygen atoms in total. The predicted molar refractivity (Wildman–Crippen MR) is 62.0 cm³/mol. The lowest BCUT2D eigenvalue weighted by Gasteiger charge is -2.17. The molecular weight excluding hydrogens is 202 g/mol. The van der Waals surface area contributed by atoms with Gasteiger partial charge in [-0.15, -0.1) is 5.10 Å². The average molecular weight is 221 g/mol. The number of rotatable bonds is 3. The van der Waals surface area contributed by atoms with E-state index in [-0.39, 0.29) is 0 Å². The van der Waals surface area contributed by atoms with E-state index in [1.54, 1.807) is 6.20 Å². The Bertz CT molecular complexity index is 322. The smallest absolute Gasteiger partial charge is 0.238 e. The number of nitrogens with two attached hydrogens (primary N) is 1. The second-order valence-corrected chi connectivity index (χ2v) is 4.30. The van der Waals surface area contributed by atoms with Crippen molar-refractivity contribution in [2.45, 2.75) is 51.2 Å². The molecule has 0 saturated heterocycles. The first-order chi connectivity index (χ1) is 7.90. The lowest BCUT2D eigenvalue weighted by Crippen LogP contribution is -2.17. The van der Waals surface area contributed by atoms with E-state index < -0.39 is 0 Å². The van der Waals surface area contributed by atoms with Gasteiger partial charge in [0, 0.05) is 12.1 Å². The highest BCUT2D eigenvalue weighted by atomic mass is 16.5. The molecule has 2 N–H and O–H groups in total. The molecule has 16 heavy (non-hydrogen) atoms. The van der Waals surface area contributed by atoms with E-state index in [1.165, 1.54) is 25.7 Å². The van der Waals surface area contributed by atoms with Crippen molar-refractivity contribution >= 4 is 0 Å². The summed E-state index contributed by atoms with van der Waals surface area (Å²) in [6.07, 6.45) is 9.35. The molecule has 0 unspecified atom stereocenters. The molecule has 1 aromatic rings. The summed E-state index contributed by atoms with van der Waals surface area (Å²) in [5.74, 6) is 0.622. The normalized spacial score (nSPS) is 18.1. The largest absolute Gasteiger partial charge is 0.473 e. The molecule has 0 radical (unpaired) electrons. The zero-order valence-corrected chi connectivity index (χ0v) is 9.56. The van der Waals surface area contributed by atoms with Crippen LogP contribution in [0.1, 0.15) is 44.1 Å². The van der Waals surface area contributed by atoms with Crippen LogP contribution >= 0.6 is 0 Å². The number of hydrogen-bond donors (Lipinski definition) is 1. The first kappa shape index (κ1) is 11.3. The summed E-state index contributed by atoms with van der Waals surface area (Å²) in [5, 5.41) is 7.87. The molecular formula is C12H19N3O. The van der Waals surface area contributed by atoms with Gasteiger partial charge in [0.2, 0.25) is 5.88 Å². The number of aromatic nitrogens is 2. The van der Waals surface area contributed by atoms with Gasteiger partial charge in [0.15, 0.2) is 0 Å². The summed E-state index contributed by atoms with van der Waals surface area (Å²) < 4.78 is 5.90. The van der Waals surface area contributed by atoms with Crippen LogP contribution in [0.15, 0.2) is 12.3 Å². The van der Waals surface area contributed by atoms with Crippen molar-refractivity contribution in [1.29, 1.82) is 0 Å². The van der Waals surface area contributed by atoms with Crippen molar-refractivity contribution < 1.29 is 4.74 Å². The fourth-order valence-corrected chi connectivity index (χ4v) is 2.12. The molecule has 1 saturated carbocycles. The summed E-state index contributed by atoms with van der Waals surface area (Å²) >= 11 is 0. The quantitative estimate of drug-likeness (QED) is 0.793. The number of hydrogen-bond acceptors (Lipinski definition) is 4. The van der Waals surface area contributed by atoms with E-state index in [2.05, 4.69) is 10.2 Å². The van der Waals surface area contributed by atoms with Crippen LogP contribution in [0.25, 0.3) is 0 Å². The van der Waals surface area contributed by atoms with E-state index in [1.807, 2.05) is 6.07 Å². The summed E-state index contributed by atoms with van der Waals surface area (Å²) in [6, 6.07) is 1.87. The van der Waals surface area contributed by atoms with Gasteiger partial charge in [-0.3, -0.25) is 0 Å². The monoisotopic (exact) mass is 221 g/mol. The maximum atomic E-state index is 5.90. The molecule has 2 rings (SSSR count). The van der Waals surface area contributed by atoms with Crippen molar-refractivity contribution in [2.24, 2.45) is 5.73 Å².